The molecule has 0 saturated carbocycles. The fourth-order valence-corrected chi connectivity index (χ4v) is 3.80. The summed E-state index contributed by atoms with van der Waals surface area (Å²) in [6.45, 7) is 0. The summed E-state index contributed by atoms with van der Waals surface area (Å²) in [7, 11) is 0. The van der Waals surface area contributed by atoms with Gasteiger partial charge in [-0.2, -0.15) is 0 Å². The third-order valence-electron chi connectivity index (χ3n) is 4.68. The summed E-state index contributed by atoms with van der Waals surface area (Å²) in [5, 5.41) is 0. The molecule has 0 N–H and O–H groups in total. The summed E-state index contributed by atoms with van der Waals surface area (Å²) < 4.78 is 0. The predicted molar refractivity (Wildman–Crippen MR) is 91.1 cm³/mol. The van der Waals surface area contributed by atoms with E-state index in [0.29, 0.717) is 6.17 Å². The maximum atomic E-state index is 2.48. The standard InChI is InChI=1S/C20H16N2/c1-2-9-16(10-3-1)21-18-12-6-7-13-19(18)22-17-11-5-4-8-15(17)14-20(21)22/h1-13,20H,14H2/t20-/m0/s1. The summed E-state index contributed by atoms with van der Waals surface area (Å²) in [4.78, 5) is 4.95. The van der Waals surface area contributed by atoms with Crippen LogP contribution in [-0.2, 0) is 6.42 Å². The zero-order valence-electron chi connectivity index (χ0n) is 12.2. The van der Waals surface area contributed by atoms with Crippen molar-refractivity contribution in [2.75, 3.05) is 9.80 Å². The van der Waals surface area contributed by atoms with E-state index in [0.717, 1.165) is 6.42 Å². The average Bonchev–Trinajstić information content (AvgIpc) is 3.10. The lowest BCUT2D eigenvalue weighted by molar-refractivity contribution is 0.729. The number of benzene rings is 3. The molecule has 106 valence electrons. The smallest absolute Gasteiger partial charge is 0.115 e. The number of rotatable bonds is 1. The molecule has 1 atom stereocenters. The van der Waals surface area contributed by atoms with Crippen molar-refractivity contribution in [2.24, 2.45) is 0 Å². The minimum Gasteiger partial charge on any atom is -0.318 e. The van der Waals surface area contributed by atoms with Gasteiger partial charge in [0.05, 0.1) is 11.4 Å². The van der Waals surface area contributed by atoms with Crippen molar-refractivity contribution in [3.8, 4) is 0 Å². The molecule has 2 nitrogen and oxygen atoms in total. The molecule has 3 aromatic rings. The Balaban J connectivity index is 1.73. The van der Waals surface area contributed by atoms with Gasteiger partial charge in [-0.3, -0.25) is 0 Å². The van der Waals surface area contributed by atoms with Crippen molar-refractivity contribution in [3.05, 3.63) is 84.4 Å². The van der Waals surface area contributed by atoms with Crippen molar-refractivity contribution in [1.82, 2.24) is 0 Å². The van der Waals surface area contributed by atoms with Crippen LogP contribution in [0.3, 0.4) is 0 Å². The molecule has 2 heterocycles. The van der Waals surface area contributed by atoms with E-state index in [-0.39, 0.29) is 0 Å². The van der Waals surface area contributed by atoms with Gasteiger partial charge in [-0.15, -0.1) is 0 Å². The Hall–Kier alpha value is -2.74. The van der Waals surface area contributed by atoms with Crippen molar-refractivity contribution >= 4 is 22.7 Å². The Labute approximate surface area is 130 Å². The largest absolute Gasteiger partial charge is 0.318 e. The highest BCUT2D eigenvalue weighted by molar-refractivity contribution is 5.90. The van der Waals surface area contributed by atoms with Gasteiger partial charge in [0.1, 0.15) is 6.17 Å². The van der Waals surface area contributed by atoms with Crippen molar-refractivity contribution in [1.29, 1.82) is 0 Å². The predicted octanol–water partition coefficient (Wildman–Crippen LogP) is 4.86. The number of para-hydroxylation sites is 4. The van der Waals surface area contributed by atoms with Gasteiger partial charge >= 0.3 is 0 Å². The van der Waals surface area contributed by atoms with Gasteiger partial charge in [0.2, 0.25) is 0 Å². The number of nitrogens with zero attached hydrogens (tertiary/aromatic N) is 2. The highest BCUT2D eigenvalue weighted by Crippen LogP contribution is 2.52. The molecule has 22 heavy (non-hydrogen) atoms. The van der Waals surface area contributed by atoms with Gasteiger partial charge in [-0.05, 0) is 35.9 Å². The summed E-state index contributed by atoms with van der Waals surface area (Å²) in [6.07, 6.45) is 1.40. The van der Waals surface area contributed by atoms with E-state index in [1.807, 2.05) is 0 Å². The zero-order valence-corrected chi connectivity index (χ0v) is 12.2. The molecule has 0 aromatic heterocycles. The van der Waals surface area contributed by atoms with Gasteiger partial charge < -0.3 is 9.80 Å². The van der Waals surface area contributed by atoms with Gasteiger partial charge in [0, 0.05) is 17.8 Å². The first-order valence-corrected chi connectivity index (χ1v) is 7.74. The maximum absolute atomic E-state index is 2.48. The highest BCUT2D eigenvalue weighted by atomic mass is 15.4. The Kier molecular flexibility index (Phi) is 2.36. The third-order valence-corrected chi connectivity index (χ3v) is 4.68. The van der Waals surface area contributed by atoms with E-state index >= 15 is 0 Å². The van der Waals surface area contributed by atoms with Crippen LogP contribution in [0, 0.1) is 0 Å². The molecule has 0 bridgehead atoms. The average molecular weight is 284 g/mol. The van der Waals surface area contributed by atoms with E-state index < -0.39 is 0 Å². The molecular weight excluding hydrogens is 268 g/mol. The lowest BCUT2D eigenvalue weighted by Crippen LogP contribution is -2.35. The van der Waals surface area contributed by atoms with Gasteiger partial charge in [0.15, 0.2) is 0 Å². The summed E-state index contributed by atoms with van der Waals surface area (Å²) >= 11 is 0. The van der Waals surface area contributed by atoms with Crippen molar-refractivity contribution < 1.29 is 0 Å². The maximum Gasteiger partial charge on any atom is 0.115 e. The Morgan fingerprint density at radius 2 is 1.18 bits per heavy atom. The summed E-state index contributed by atoms with van der Waals surface area (Å²) in [5.41, 5.74) is 6.64. The quantitative estimate of drug-likeness (QED) is 0.629. The molecule has 2 aliphatic heterocycles. The number of anilines is 4. The molecule has 0 saturated heterocycles. The Morgan fingerprint density at radius 1 is 0.591 bits per heavy atom. The molecule has 0 aliphatic carbocycles. The number of fused-ring (bicyclic) bond motifs is 5. The molecule has 3 aromatic carbocycles. The van der Waals surface area contributed by atoms with Crippen LogP contribution >= 0.6 is 0 Å². The molecule has 0 amide bonds. The molecule has 0 radical (unpaired) electrons. The number of hydrogen-bond donors (Lipinski definition) is 0. The molecular formula is C20H16N2. The fraction of sp³-hybridized carbons (Fsp3) is 0.100. The lowest BCUT2D eigenvalue weighted by Gasteiger charge is -2.27. The second-order valence-corrected chi connectivity index (χ2v) is 5.88. The lowest BCUT2D eigenvalue weighted by atomic mass is 10.1. The number of hydrogen-bond acceptors (Lipinski definition) is 2. The van der Waals surface area contributed by atoms with Crippen LogP contribution in [0.5, 0.6) is 0 Å². The Bertz CT molecular complexity index is 826. The zero-order chi connectivity index (χ0) is 14.5. The molecule has 0 spiro atoms. The summed E-state index contributed by atoms with van der Waals surface area (Å²) in [5.74, 6) is 0. The fourth-order valence-electron chi connectivity index (χ4n) is 3.80. The van der Waals surface area contributed by atoms with E-state index in [2.05, 4.69) is 88.7 Å². The second-order valence-electron chi connectivity index (χ2n) is 5.88. The van der Waals surface area contributed by atoms with Crippen LogP contribution < -0.4 is 9.80 Å². The highest BCUT2D eigenvalue weighted by Gasteiger charge is 2.42. The first kappa shape index (κ1) is 11.9. The first-order valence-electron chi connectivity index (χ1n) is 7.74. The molecule has 0 unspecified atom stereocenters. The second kappa shape index (κ2) is 4.38. The van der Waals surface area contributed by atoms with Crippen LogP contribution in [0.2, 0.25) is 0 Å². The molecule has 2 heteroatoms. The minimum absolute atomic E-state index is 0.345. The van der Waals surface area contributed by atoms with Crippen LogP contribution in [0.1, 0.15) is 5.56 Å². The van der Waals surface area contributed by atoms with Crippen LogP contribution in [0.15, 0.2) is 78.9 Å². The molecule has 0 fully saturated rings. The normalized spacial score (nSPS) is 18.1. The topological polar surface area (TPSA) is 6.48 Å². The van der Waals surface area contributed by atoms with Gasteiger partial charge in [-0.1, -0.05) is 48.5 Å². The van der Waals surface area contributed by atoms with E-state index in [1.54, 1.807) is 0 Å². The van der Waals surface area contributed by atoms with Gasteiger partial charge in [-0.25, -0.2) is 0 Å². The van der Waals surface area contributed by atoms with E-state index in [4.69, 9.17) is 0 Å². The molecule has 2 aliphatic rings. The van der Waals surface area contributed by atoms with E-state index in [1.165, 1.54) is 28.3 Å². The monoisotopic (exact) mass is 284 g/mol. The third kappa shape index (κ3) is 1.49. The molecule has 5 rings (SSSR count). The van der Waals surface area contributed by atoms with Crippen LogP contribution in [0.4, 0.5) is 22.7 Å². The van der Waals surface area contributed by atoms with E-state index in [9.17, 15) is 0 Å². The Morgan fingerprint density at radius 3 is 1.95 bits per heavy atom. The SMILES string of the molecule is c1ccc(N2c3ccccc3N3c4ccccc4C[C@@H]23)cc1. The van der Waals surface area contributed by atoms with Crippen LogP contribution in [0.25, 0.3) is 0 Å². The van der Waals surface area contributed by atoms with Crippen molar-refractivity contribution in [3.63, 3.8) is 0 Å². The first-order chi connectivity index (χ1) is 10.9. The summed E-state index contributed by atoms with van der Waals surface area (Å²) in [6, 6.07) is 28.2. The van der Waals surface area contributed by atoms with Crippen LogP contribution in [-0.4, -0.2) is 6.17 Å². The van der Waals surface area contributed by atoms with Crippen molar-refractivity contribution in [2.45, 2.75) is 12.6 Å². The van der Waals surface area contributed by atoms with Gasteiger partial charge in [0.25, 0.3) is 0 Å². The minimum atomic E-state index is 0.345.